The van der Waals surface area contributed by atoms with E-state index in [4.69, 9.17) is 9.66 Å². The van der Waals surface area contributed by atoms with Gasteiger partial charge in [-0.25, -0.2) is 4.68 Å². The Kier molecular flexibility index (Phi) is 7.79. The van der Waals surface area contributed by atoms with Crippen molar-refractivity contribution >= 4 is 73.7 Å². The number of tetrazole rings is 1. The minimum atomic E-state index is -4.26. The van der Waals surface area contributed by atoms with Crippen LogP contribution in [0.1, 0.15) is 6.42 Å². The van der Waals surface area contributed by atoms with Crippen LogP contribution in [0.3, 0.4) is 0 Å². The van der Waals surface area contributed by atoms with E-state index in [1.807, 2.05) is 0 Å². The topological polar surface area (TPSA) is 213 Å². The van der Waals surface area contributed by atoms with Crippen molar-refractivity contribution in [1.29, 1.82) is 0 Å². The SMILES string of the molecule is O=C(O)CC(=O)N(c1cccs1)C1C(=O)N2CC(CSc3nnnn3CCS(=O)(=O)O)(C(=O)O)CS[C@H]12. The van der Waals surface area contributed by atoms with E-state index in [0.29, 0.717) is 5.00 Å². The number of thioether (sulfide) groups is 2. The van der Waals surface area contributed by atoms with Crippen LogP contribution in [-0.4, -0.2) is 107 Å². The zero-order valence-corrected chi connectivity index (χ0v) is 22.0. The summed E-state index contributed by atoms with van der Waals surface area (Å²) in [6.07, 6.45) is -0.791. The highest BCUT2D eigenvalue weighted by molar-refractivity contribution is 8.00. The summed E-state index contributed by atoms with van der Waals surface area (Å²) < 4.78 is 32.1. The Balaban J connectivity index is 1.48. The first-order valence-corrected chi connectivity index (χ1v) is 15.0. The molecule has 3 N–H and O–H groups in total. The minimum Gasteiger partial charge on any atom is -0.481 e. The summed E-state index contributed by atoms with van der Waals surface area (Å²) in [6.45, 7) is -0.388. The Morgan fingerprint density at radius 2 is 2.05 bits per heavy atom. The molecule has 2 amide bonds. The largest absolute Gasteiger partial charge is 0.481 e. The lowest BCUT2D eigenvalue weighted by molar-refractivity contribution is -0.156. The Labute approximate surface area is 221 Å². The van der Waals surface area contributed by atoms with E-state index in [9.17, 15) is 32.7 Å². The van der Waals surface area contributed by atoms with Gasteiger partial charge in [0.05, 0.1) is 17.3 Å². The van der Waals surface area contributed by atoms with Gasteiger partial charge in [-0.1, -0.05) is 11.8 Å². The molecule has 4 heterocycles. The molecule has 2 fully saturated rings. The second-order valence-corrected chi connectivity index (χ2v) is 12.8. The van der Waals surface area contributed by atoms with E-state index in [1.165, 1.54) is 32.9 Å². The zero-order chi connectivity index (χ0) is 27.0. The molecule has 0 saturated carbocycles. The molecule has 2 unspecified atom stereocenters. The molecular weight excluding hydrogens is 572 g/mol. The molecule has 200 valence electrons. The number of thiophene rings is 1. The number of aromatic nitrogens is 4. The molecule has 0 spiro atoms. The average molecular weight is 593 g/mol. The smallest absolute Gasteiger partial charge is 0.313 e. The Morgan fingerprint density at radius 3 is 2.68 bits per heavy atom. The third-order valence-corrected chi connectivity index (χ3v) is 10.1. The minimum absolute atomic E-state index is 0.0463. The van der Waals surface area contributed by atoms with Crippen LogP contribution >= 0.6 is 34.9 Å². The lowest BCUT2D eigenvalue weighted by Gasteiger charge is -2.56. The number of amides is 2. The number of hydrogen-bond donors (Lipinski definition) is 3. The first kappa shape index (κ1) is 27.3. The second-order valence-electron chi connectivity index (χ2n) is 8.24. The van der Waals surface area contributed by atoms with Gasteiger partial charge in [-0.3, -0.25) is 28.6 Å². The molecule has 19 heteroatoms. The van der Waals surface area contributed by atoms with Crippen molar-refractivity contribution in [2.24, 2.45) is 5.41 Å². The Bertz CT molecular complexity index is 1320. The normalized spacial score (nSPS) is 23.3. The van der Waals surface area contributed by atoms with Gasteiger partial charge in [0, 0.05) is 18.1 Å². The molecule has 2 aliphatic rings. The maximum Gasteiger partial charge on any atom is 0.313 e. The maximum atomic E-state index is 13.2. The van der Waals surface area contributed by atoms with Crippen LogP contribution in [0.2, 0.25) is 0 Å². The van der Waals surface area contributed by atoms with E-state index in [-0.39, 0.29) is 29.8 Å². The van der Waals surface area contributed by atoms with Crippen molar-refractivity contribution < 1.29 is 42.4 Å². The Hall–Kier alpha value is -2.74. The van der Waals surface area contributed by atoms with Crippen LogP contribution in [0.5, 0.6) is 0 Å². The van der Waals surface area contributed by atoms with E-state index in [2.05, 4.69) is 15.5 Å². The fourth-order valence-electron chi connectivity index (χ4n) is 3.87. The fraction of sp³-hybridized carbons (Fsp3) is 0.500. The standard InChI is InChI=1S/C18H20N6O9S4/c25-10(6-12(26)27)24(11-2-1-4-34-11)13-14(28)22-7-18(16(29)30,8-35-15(13)22)9-36-17-19-20-21-23(17)3-5-37(31,32)33/h1-2,4,13,15H,3,5-9H2,(H,26,27)(H,29,30)(H,31,32,33)/t13?,15-,18?/m1/s1. The summed E-state index contributed by atoms with van der Waals surface area (Å²) in [4.78, 5) is 51.9. The van der Waals surface area contributed by atoms with Crippen LogP contribution in [0.4, 0.5) is 5.00 Å². The van der Waals surface area contributed by atoms with Crippen molar-refractivity contribution in [3.8, 4) is 0 Å². The van der Waals surface area contributed by atoms with Crippen molar-refractivity contribution in [2.75, 3.05) is 28.7 Å². The van der Waals surface area contributed by atoms with Crippen molar-refractivity contribution in [3.05, 3.63) is 17.5 Å². The van der Waals surface area contributed by atoms with Crippen molar-refractivity contribution in [2.45, 2.75) is 29.5 Å². The highest BCUT2D eigenvalue weighted by atomic mass is 32.2. The molecule has 15 nitrogen and oxygen atoms in total. The van der Waals surface area contributed by atoms with Gasteiger partial charge >= 0.3 is 11.9 Å². The van der Waals surface area contributed by atoms with Crippen LogP contribution in [0.15, 0.2) is 22.7 Å². The first-order chi connectivity index (χ1) is 17.4. The lowest BCUT2D eigenvalue weighted by atomic mass is 9.89. The first-order valence-electron chi connectivity index (χ1n) is 10.5. The molecule has 4 rings (SSSR count). The predicted molar refractivity (Wildman–Crippen MR) is 131 cm³/mol. The summed E-state index contributed by atoms with van der Waals surface area (Å²) >= 11 is 3.34. The summed E-state index contributed by atoms with van der Waals surface area (Å²) in [6, 6.07) is 2.33. The monoisotopic (exact) mass is 592 g/mol. The molecule has 0 aliphatic carbocycles. The molecule has 2 saturated heterocycles. The average Bonchev–Trinajstić information content (AvgIpc) is 3.50. The lowest BCUT2D eigenvalue weighted by Crippen LogP contribution is -2.74. The quantitative estimate of drug-likeness (QED) is 0.131. The van der Waals surface area contributed by atoms with Gasteiger partial charge < -0.3 is 15.1 Å². The van der Waals surface area contributed by atoms with Gasteiger partial charge in [-0.15, -0.1) is 28.2 Å². The molecule has 0 radical (unpaired) electrons. The Morgan fingerprint density at radius 1 is 1.30 bits per heavy atom. The van der Waals surface area contributed by atoms with Gasteiger partial charge in [0.2, 0.25) is 17.0 Å². The van der Waals surface area contributed by atoms with Crippen LogP contribution in [0.25, 0.3) is 0 Å². The van der Waals surface area contributed by atoms with Crippen LogP contribution in [-0.2, 0) is 35.8 Å². The highest BCUT2D eigenvalue weighted by Gasteiger charge is 2.60. The van der Waals surface area contributed by atoms with Gasteiger partial charge in [-0.2, -0.15) is 8.42 Å². The third-order valence-electron chi connectivity index (χ3n) is 5.70. The number of β-lactam (4-membered cyclic amide) rings is 1. The molecule has 0 aromatic carbocycles. The number of carboxylic acid groups (broad SMARTS) is 2. The number of hydrogen-bond acceptors (Lipinski definition) is 12. The number of aliphatic carboxylic acids is 2. The summed E-state index contributed by atoms with van der Waals surface area (Å²) in [5.74, 6) is -4.30. The molecule has 2 aliphatic heterocycles. The number of anilines is 1. The number of nitrogens with zero attached hydrogens (tertiary/aromatic N) is 6. The molecule has 2 aromatic heterocycles. The second kappa shape index (κ2) is 10.6. The summed E-state index contributed by atoms with van der Waals surface area (Å²) in [7, 11) is -4.26. The van der Waals surface area contributed by atoms with Gasteiger partial charge in [-0.05, 0) is 27.9 Å². The van der Waals surface area contributed by atoms with Crippen LogP contribution < -0.4 is 4.90 Å². The number of fused-ring (bicyclic) bond motifs is 1. The van der Waals surface area contributed by atoms with Crippen LogP contribution in [0, 0.1) is 5.41 Å². The van der Waals surface area contributed by atoms with Gasteiger partial charge in [0.15, 0.2) is 0 Å². The molecular formula is C18H20N6O9S4. The number of carbonyl (C=O) groups is 4. The maximum absolute atomic E-state index is 13.2. The third kappa shape index (κ3) is 5.74. The molecule has 0 bridgehead atoms. The van der Waals surface area contributed by atoms with Crippen molar-refractivity contribution in [3.63, 3.8) is 0 Å². The zero-order valence-electron chi connectivity index (χ0n) is 18.7. The van der Waals surface area contributed by atoms with E-state index >= 15 is 0 Å². The molecule has 37 heavy (non-hydrogen) atoms. The van der Waals surface area contributed by atoms with Gasteiger partial charge in [0.1, 0.15) is 23.3 Å². The fourth-order valence-corrected chi connectivity index (χ4v) is 7.86. The number of carbonyl (C=O) groups excluding carboxylic acids is 2. The molecule has 3 atom stereocenters. The summed E-state index contributed by atoms with van der Waals surface area (Å²) in [5.41, 5.74) is -1.40. The van der Waals surface area contributed by atoms with Gasteiger partial charge in [0.25, 0.3) is 10.1 Å². The van der Waals surface area contributed by atoms with Crippen molar-refractivity contribution in [1.82, 2.24) is 25.1 Å². The van der Waals surface area contributed by atoms with E-state index in [1.54, 1.807) is 17.5 Å². The van der Waals surface area contributed by atoms with E-state index in [0.717, 1.165) is 16.4 Å². The predicted octanol–water partition coefficient (Wildman–Crippen LogP) is -0.423. The molecule has 2 aromatic rings. The summed E-state index contributed by atoms with van der Waals surface area (Å²) in [5, 5.41) is 31.8. The number of carboxylic acids is 2. The number of aryl methyl sites for hydroxylation is 1. The highest BCUT2D eigenvalue weighted by Crippen LogP contribution is 2.47. The number of rotatable bonds is 11. The van der Waals surface area contributed by atoms with E-state index < -0.39 is 62.9 Å².